The molecule has 3 aliphatic heterocycles. The highest BCUT2D eigenvalue weighted by molar-refractivity contribution is 5.98. The molecule has 3 saturated heterocycles. The van der Waals surface area contributed by atoms with Gasteiger partial charge in [0.2, 0.25) is 5.78 Å². The van der Waals surface area contributed by atoms with E-state index in [1.165, 1.54) is 30.8 Å². The number of Topliss-reactive ketones (excluding diaryl/α,β-unsaturated/α-hetero) is 1. The molecule has 3 aliphatic rings. The van der Waals surface area contributed by atoms with Crippen LogP contribution in [-0.2, 0) is 0 Å². The second kappa shape index (κ2) is 4.97. The van der Waals surface area contributed by atoms with Crippen molar-refractivity contribution in [3.05, 3.63) is 34.4 Å². The van der Waals surface area contributed by atoms with Crippen LogP contribution in [0.3, 0.4) is 0 Å². The van der Waals surface area contributed by atoms with Crippen LogP contribution in [0.2, 0.25) is 0 Å². The van der Waals surface area contributed by atoms with Crippen LogP contribution in [0.4, 0.5) is 0 Å². The molecule has 1 aromatic rings. The summed E-state index contributed by atoms with van der Waals surface area (Å²) in [5.41, 5.74) is 4.57. The minimum Gasteiger partial charge on any atom is -0.314 e. The highest BCUT2D eigenvalue weighted by Gasteiger charge is 2.40. The molecule has 0 atom stereocenters. The summed E-state index contributed by atoms with van der Waals surface area (Å²) in [4.78, 5) is 15.3. The van der Waals surface area contributed by atoms with Crippen LogP contribution in [0.25, 0.3) is 0 Å². The molecule has 0 aliphatic carbocycles. The van der Waals surface area contributed by atoms with Crippen molar-refractivity contribution in [1.29, 1.82) is 0 Å². The second-order valence-corrected chi connectivity index (χ2v) is 6.69. The summed E-state index contributed by atoms with van der Waals surface area (Å²) in [6.07, 6.45) is 0. The van der Waals surface area contributed by atoms with E-state index >= 15 is 0 Å². The van der Waals surface area contributed by atoms with Crippen LogP contribution in [0.1, 0.15) is 27.0 Å². The molecular formula is C17H25N2O+. The number of nitrogens with zero attached hydrogens (tertiary/aromatic N) is 2. The predicted octanol–water partition coefficient (Wildman–Crippen LogP) is 1.94. The fraction of sp³-hybridized carbons (Fsp3) is 0.588. The van der Waals surface area contributed by atoms with Gasteiger partial charge in [-0.1, -0.05) is 6.07 Å². The monoisotopic (exact) mass is 273 g/mol. The van der Waals surface area contributed by atoms with Crippen LogP contribution in [0, 0.1) is 20.8 Å². The van der Waals surface area contributed by atoms with Crippen LogP contribution in [0.5, 0.6) is 0 Å². The molecule has 20 heavy (non-hydrogen) atoms. The summed E-state index contributed by atoms with van der Waals surface area (Å²) >= 11 is 0. The number of quaternary nitrogens is 1. The first-order chi connectivity index (χ1) is 9.49. The lowest BCUT2D eigenvalue weighted by atomic mass is 9.97. The Balaban J connectivity index is 1.81. The lowest BCUT2D eigenvalue weighted by Gasteiger charge is -2.50. The number of fused-ring (bicyclic) bond motifs is 3. The molecule has 1 aromatic carbocycles. The van der Waals surface area contributed by atoms with Gasteiger partial charge in [-0.3, -0.25) is 9.69 Å². The van der Waals surface area contributed by atoms with Crippen LogP contribution < -0.4 is 0 Å². The smallest absolute Gasteiger partial charge is 0.217 e. The SMILES string of the molecule is Cc1cc(C)c(C(=O)C[N+]23CCN(CC2)CC3)cc1C. The molecule has 0 radical (unpaired) electrons. The van der Waals surface area contributed by atoms with E-state index in [1.54, 1.807) is 0 Å². The van der Waals surface area contributed by atoms with Gasteiger partial charge < -0.3 is 4.48 Å². The molecule has 0 amide bonds. The maximum atomic E-state index is 12.7. The van der Waals surface area contributed by atoms with Gasteiger partial charge in [-0.05, 0) is 43.5 Å². The van der Waals surface area contributed by atoms with Crippen molar-refractivity contribution in [2.45, 2.75) is 20.8 Å². The van der Waals surface area contributed by atoms with Gasteiger partial charge in [0.15, 0.2) is 0 Å². The lowest BCUT2D eigenvalue weighted by Crippen LogP contribution is -2.68. The number of aryl methyl sites for hydroxylation is 3. The minimum atomic E-state index is 0.334. The number of rotatable bonds is 3. The van der Waals surface area contributed by atoms with Crippen molar-refractivity contribution in [2.24, 2.45) is 0 Å². The van der Waals surface area contributed by atoms with Crippen LogP contribution in [0.15, 0.2) is 12.1 Å². The summed E-state index contributed by atoms with van der Waals surface area (Å²) < 4.78 is 1.02. The third-order valence-corrected chi connectivity index (χ3v) is 5.29. The van der Waals surface area contributed by atoms with E-state index in [-0.39, 0.29) is 0 Å². The largest absolute Gasteiger partial charge is 0.314 e. The minimum absolute atomic E-state index is 0.334. The fourth-order valence-corrected chi connectivity index (χ4v) is 3.62. The average Bonchev–Trinajstić information content (AvgIpc) is 2.44. The number of carbonyl (C=O) groups excluding carboxylic acids is 1. The van der Waals surface area contributed by atoms with E-state index < -0.39 is 0 Å². The highest BCUT2D eigenvalue weighted by Crippen LogP contribution is 2.22. The van der Waals surface area contributed by atoms with Crippen molar-refractivity contribution in [3.8, 4) is 0 Å². The maximum Gasteiger partial charge on any atom is 0.217 e. The molecule has 3 heteroatoms. The van der Waals surface area contributed by atoms with Crippen molar-refractivity contribution >= 4 is 5.78 Å². The molecular weight excluding hydrogens is 248 g/mol. The number of benzene rings is 1. The first-order valence-electron chi connectivity index (χ1n) is 7.68. The van der Waals surface area contributed by atoms with E-state index in [0.717, 1.165) is 35.2 Å². The zero-order chi connectivity index (χ0) is 14.3. The van der Waals surface area contributed by atoms with Gasteiger partial charge in [0.05, 0.1) is 19.6 Å². The normalized spacial score (nSPS) is 28.6. The Hall–Kier alpha value is -1.19. The molecule has 3 fully saturated rings. The number of hydrogen-bond acceptors (Lipinski definition) is 2. The molecule has 3 heterocycles. The molecule has 108 valence electrons. The molecule has 2 bridgehead atoms. The number of carbonyl (C=O) groups is 1. The third-order valence-electron chi connectivity index (χ3n) is 5.29. The second-order valence-electron chi connectivity index (χ2n) is 6.69. The Morgan fingerprint density at radius 3 is 2.15 bits per heavy atom. The summed E-state index contributed by atoms with van der Waals surface area (Å²) in [5, 5.41) is 0. The van der Waals surface area contributed by atoms with E-state index in [0.29, 0.717) is 12.3 Å². The van der Waals surface area contributed by atoms with Gasteiger partial charge >= 0.3 is 0 Å². The van der Waals surface area contributed by atoms with Gasteiger partial charge in [-0.15, -0.1) is 0 Å². The van der Waals surface area contributed by atoms with Gasteiger partial charge in [-0.25, -0.2) is 0 Å². The van der Waals surface area contributed by atoms with Crippen molar-refractivity contribution < 1.29 is 9.28 Å². The molecule has 0 unspecified atom stereocenters. The lowest BCUT2D eigenvalue weighted by molar-refractivity contribution is -0.933. The van der Waals surface area contributed by atoms with Crippen molar-refractivity contribution in [2.75, 3.05) is 45.8 Å². The number of piperazine rings is 3. The Labute approximate surface area is 121 Å². The Kier molecular flexibility index (Phi) is 3.43. The molecule has 0 aromatic heterocycles. The van der Waals surface area contributed by atoms with Crippen molar-refractivity contribution in [3.63, 3.8) is 0 Å². The zero-order valence-electron chi connectivity index (χ0n) is 12.9. The maximum absolute atomic E-state index is 12.7. The van der Waals surface area contributed by atoms with E-state index in [4.69, 9.17) is 0 Å². The Bertz CT molecular complexity index is 528. The van der Waals surface area contributed by atoms with E-state index in [2.05, 4.69) is 37.8 Å². The van der Waals surface area contributed by atoms with Gasteiger partial charge in [0.25, 0.3) is 0 Å². The molecule has 0 spiro atoms. The topological polar surface area (TPSA) is 20.3 Å². The summed E-state index contributed by atoms with van der Waals surface area (Å²) in [5.74, 6) is 0.334. The number of ketones is 1. The zero-order valence-corrected chi connectivity index (χ0v) is 12.9. The molecule has 0 saturated carbocycles. The summed E-state index contributed by atoms with van der Waals surface area (Å²) in [6.45, 7) is 13.9. The average molecular weight is 273 g/mol. The van der Waals surface area contributed by atoms with E-state index in [1.807, 2.05) is 0 Å². The molecule has 3 nitrogen and oxygen atoms in total. The van der Waals surface area contributed by atoms with Gasteiger partial charge in [0.1, 0.15) is 6.54 Å². The van der Waals surface area contributed by atoms with Gasteiger partial charge in [0, 0.05) is 25.2 Å². The summed E-state index contributed by atoms with van der Waals surface area (Å²) in [7, 11) is 0. The highest BCUT2D eigenvalue weighted by atomic mass is 16.1. The quantitative estimate of drug-likeness (QED) is 0.620. The third kappa shape index (κ3) is 2.40. The molecule has 4 rings (SSSR count). The van der Waals surface area contributed by atoms with Gasteiger partial charge in [-0.2, -0.15) is 0 Å². The number of hydrogen-bond donors (Lipinski definition) is 0. The summed E-state index contributed by atoms with van der Waals surface area (Å²) in [6, 6.07) is 4.24. The standard InChI is InChI=1S/C17H25N2O/c1-13-10-15(3)16(11-14(13)2)17(20)12-19-7-4-18(5-8-19)6-9-19/h10-11H,4-9,12H2,1-3H3/q+1. The van der Waals surface area contributed by atoms with Crippen LogP contribution in [-0.4, -0.2) is 61.0 Å². The first-order valence-corrected chi connectivity index (χ1v) is 7.68. The Morgan fingerprint density at radius 1 is 1.00 bits per heavy atom. The molecule has 0 N–H and O–H groups in total. The Morgan fingerprint density at radius 2 is 1.55 bits per heavy atom. The predicted molar refractivity (Wildman–Crippen MR) is 81.2 cm³/mol. The fourth-order valence-electron chi connectivity index (χ4n) is 3.62. The van der Waals surface area contributed by atoms with E-state index in [9.17, 15) is 4.79 Å². The first kappa shape index (κ1) is 13.8. The van der Waals surface area contributed by atoms with Crippen molar-refractivity contribution in [1.82, 2.24) is 4.90 Å². The van der Waals surface area contributed by atoms with Crippen LogP contribution >= 0.6 is 0 Å².